The van der Waals surface area contributed by atoms with Gasteiger partial charge in [0.05, 0.1) is 7.11 Å². The number of carbonyl (C=O) groups excluding carboxylic acids is 1. The van der Waals surface area contributed by atoms with Crippen molar-refractivity contribution >= 4 is 5.78 Å². The standard InChI is InChI=1S/C15H15NO2/c1-18-15-7-3-2-6-13(15)10-14(17)9-12-5-4-8-16-11-12/h2-8,11H,9-10H2,1H3. The lowest BCUT2D eigenvalue weighted by atomic mass is 10.0. The molecule has 0 aliphatic carbocycles. The van der Waals surface area contributed by atoms with Crippen LogP contribution < -0.4 is 4.74 Å². The summed E-state index contributed by atoms with van der Waals surface area (Å²) in [5.41, 5.74) is 1.87. The van der Waals surface area contributed by atoms with Crippen LogP contribution in [0.4, 0.5) is 0 Å². The quantitative estimate of drug-likeness (QED) is 0.807. The van der Waals surface area contributed by atoms with E-state index in [1.54, 1.807) is 19.5 Å². The Kier molecular flexibility index (Phi) is 4.07. The minimum Gasteiger partial charge on any atom is -0.496 e. The maximum absolute atomic E-state index is 12.0. The molecule has 92 valence electrons. The predicted molar refractivity (Wildman–Crippen MR) is 69.6 cm³/mol. The van der Waals surface area contributed by atoms with Crippen molar-refractivity contribution in [3.05, 3.63) is 59.9 Å². The number of para-hydroxylation sites is 1. The number of pyridine rings is 1. The van der Waals surface area contributed by atoms with Crippen molar-refractivity contribution in [1.82, 2.24) is 4.98 Å². The smallest absolute Gasteiger partial charge is 0.141 e. The molecule has 0 radical (unpaired) electrons. The van der Waals surface area contributed by atoms with Crippen LogP contribution in [0.3, 0.4) is 0 Å². The summed E-state index contributed by atoms with van der Waals surface area (Å²) < 4.78 is 5.23. The summed E-state index contributed by atoms with van der Waals surface area (Å²) in [5, 5.41) is 0. The van der Waals surface area contributed by atoms with Crippen LogP contribution in [0.5, 0.6) is 5.75 Å². The Labute approximate surface area is 106 Å². The van der Waals surface area contributed by atoms with Gasteiger partial charge in [-0.2, -0.15) is 0 Å². The Balaban J connectivity index is 2.03. The topological polar surface area (TPSA) is 39.2 Å². The monoisotopic (exact) mass is 241 g/mol. The normalized spacial score (nSPS) is 10.1. The first kappa shape index (κ1) is 12.3. The molecule has 0 saturated carbocycles. The van der Waals surface area contributed by atoms with Crippen molar-refractivity contribution in [3.8, 4) is 5.75 Å². The molecule has 0 N–H and O–H groups in total. The van der Waals surface area contributed by atoms with Crippen LogP contribution in [0.2, 0.25) is 0 Å². The summed E-state index contributed by atoms with van der Waals surface area (Å²) >= 11 is 0. The minimum atomic E-state index is 0.160. The molecule has 0 atom stereocenters. The molecule has 2 rings (SSSR count). The first-order valence-corrected chi connectivity index (χ1v) is 5.82. The molecule has 3 nitrogen and oxygen atoms in total. The van der Waals surface area contributed by atoms with Crippen molar-refractivity contribution < 1.29 is 9.53 Å². The van der Waals surface area contributed by atoms with E-state index in [4.69, 9.17) is 4.74 Å². The van der Waals surface area contributed by atoms with Gasteiger partial charge in [-0.1, -0.05) is 24.3 Å². The minimum absolute atomic E-state index is 0.160. The first-order chi connectivity index (χ1) is 8.79. The Morgan fingerprint density at radius 2 is 2.00 bits per heavy atom. The highest BCUT2D eigenvalue weighted by Gasteiger charge is 2.08. The Hall–Kier alpha value is -2.16. The zero-order chi connectivity index (χ0) is 12.8. The number of ketones is 1. The van der Waals surface area contributed by atoms with Gasteiger partial charge in [0.25, 0.3) is 0 Å². The van der Waals surface area contributed by atoms with Crippen molar-refractivity contribution in [2.75, 3.05) is 7.11 Å². The molecule has 0 spiro atoms. The summed E-state index contributed by atoms with van der Waals surface area (Å²) in [5.74, 6) is 0.921. The molecule has 0 aliphatic heterocycles. The molecule has 0 amide bonds. The summed E-state index contributed by atoms with van der Waals surface area (Å²) in [6, 6.07) is 11.3. The second kappa shape index (κ2) is 5.96. The zero-order valence-corrected chi connectivity index (χ0v) is 10.3. The van der Waals surface area contributed by atoms with Crippen LogP contribution in [0.25, 0.3) is 0 Å². The van der Waals surface area contributed by atoms with Gasteiger partial charge in [0.15, 0.2) is 0 Å². The van der Waals surface area contributed by atoms with Gasteiger partial charge in [0, 0.05) is 30.8 Å². The van der Waals surface area contributed by atoms with E-state index in [9.17, 15) is 4.79 Å². The SMILES string of the molecule is COc1ccccc1CC(=O)Cc1cccnc1. The lowest BCUT2D eigenvalue weighted by molar-refractivity contribution is -0.117. The average molecular weight is 241 g/mol. The molecular weight excluding hydrogens is 226 g/mol. The molecule has 3 heteroatoms. The average Bonchev–Trinajstić information content (AvgIpc) is 2.40. The maximum atomic E-state index is 12.0. The van der Waals surface area contributed by atoms with Crippen molar-refractivity contribution in [3.63, 3.8) is 0 Å². The number of nitrogens with zero attached hydrogens (tertiary/aromatic N) is 1. The molecule has 0 unspecified atom stereocenters. The molecule has 1 aromatic heterocycles. The van der Waals surface area contributed by atoms with Gasteiger partial charge in [0.2, 0.25) is 0 Å². The van der Waals surface area contributed by atoms with Gasteiger partial charge in [-0.3, -0.25) is 9.78 Å². The second-order valence-electron chi connectivity index (χ2n) is 4.07. The van der Waals surface area contributed by atoms with Crippen molar-refractivity contribution in [1.29, 1.82) is 0 Å². The van der Waals surface area contributed by atoms with Crippen LogP contribution in [0, 0.1) is 0 Å². The van der Waals surface area contributed by atoms with Crippen LogP contribution in [-0.2, 0) is 17.6 Å². The number of hydrogen-bond donors (Lipinski definition) is 0. The number of Topliss-reactive ketones (excluding diaryl/α,β-unsaturated/α-hetero) is 1. The number of methoxy groups -OCH3 is 1. The van der Waals surface area contributed by atoms with Gasteiger partial charge < -0.3 is 4.74 Å². The van der Waals surface area contributed by atoms with E-state index in [1.165, 1.54) is 0 Å². The molecule has 0 saturated heterocycles. The van der Waals surface area contributed by atoms with Crippen LogP contribution in [0.15, 0.2) is 48.8 Å². The largest absolute Gasteiger partial charge is 0.496 e. The van der Waals surface area contributed by atoms with E-state index in [1.807, 2.05) is 36.4 Å². The summed E-state index contributed by atoms with van der Waals surface area (Å²) in [6.07, 6.45) is 4.22. The molecule has 18 heavy (non-hydrogen) atoms. The number of rotatable bonds is 5. The van der Waals surface area contributed by atoms with E-state index in [-0.39, 0.29) is 5.78 Å². The number of benzene rings is 1. The van der Waals surface area contributed by atoms with Crippen molar-refractivity contribution in [2.45, 2.75) is 12.8 Å². The highest BCUT2D eigenvalue weighted by atomic mass is 16.5. The third-order valence-electron chi connectivity index (χ3n) is 2.70. The number of ether oxygens (including phenoxy) is 1. The third kappa shape index (κ3) is 3.17. The Morgan fingerprint density at radius 3 is 2.72 bits per heavy atom. The fourth-order valence-corrected chi connectivity index (χ4v) is 1.85. The van der Waals surface area contributed by atoms with Gasteiger partial charge in [-0.15, -0.1) is 0 Å². The Morgan fingerprint density at radius 1 is 1.17 bits per heavy atom. The van der Waals surface area contributed by atoms with Crippen LogP contribution in [0.1, 0.15) is 11.1 Å². The van der Waals surface area contributed by atoms with Gasteiger partial charge in [-0.05, 0) is 17.7 Å². The fourth-order valence-electron chi connectivity index (χ4n) is 1.85. The molecule has 2 aromatic rings. The van der Waals surface area contributed by atoms with Crippen LogP contribution in [-0.4, -0.2) is 17.9 Å². The lowest BCUT2D eigenvalue weighted by Crippen LogP contribution is -2.07. The zero-order valence-electron chi connectivity index (χ0n) is 10.3. The molecule has 1 heterocycles. The van der Waals surface area contributed by atoms with E-state index in [0.717, 1.165) is 16.9 Å². The fraction of sp³-hybridized carbons (Fsp3) is 0.200. The van der Waals surface area contributed by atoms with Gasteiger partial charge in [-0.25, -0.2) is 0 Å². The van der Waals surface area contributed by atoms with E-state index in [0.29, 0.717) is 12.8 Å². The highest BCUT2D eigenvalue weighted by Crippen LogP contribution is 2.18. The molecule has 0 fully saturated rings. The lowest BCUT2D eigenvalue weighted by Gasteiger charge is -2.07. The van der Waals surface area contributed by atoms with Crippen LogP contribution >= 0.6 is 0 Å². The highest BCUT2D eigenvalue weighted by molar-refractivity contribution is 5.83. The first-order valence-electron chi connectivity index (χ1n) is 5.82. The second-order valence-corrected chi connectivity index (χ2v) is 4.07. The Bertz CT molecular complexity index is 523. The van der Waals surface area contributed by atoms with E-state index < -0.39 is 0 Å². The summed E-state index contributed by atoms with van der Waals surface area (Å²) in [7, 11) is 1.62. The summed E-state index contributed by atoms with van der Waals surface area (Å²) in [4.78, 5) is 16.0. The summed E-state index contributed by atoms with van der Waals surface area (Å²) in [6.45, 7) is 0. The van der Waals surface area contributed by atoms with E-state index in [2.05, 4.69) is 4.98 Å². The van der Waals surface area contributed by atoms with Gasteiger partial charge in [0.1, 0.15) is 11.5 Å². The molecular formula is C15H15NO2. The van der Waals surface area contributed by atoms with E-state index >= 15 is 0 Å². The van der Waals surface area contributed by atoms with Crippen molar-refractivity contribution in [2.24, 2.45) is 0 Å². The maximum Gasteiger partial charge on any atom is 0.141 e. The predicted octanol–water partition coefficient (Wildman–Crippen LogP) is 2.44. The number of carbonyl (C=O) groups is 1. The molecule has 0 aliphatic rings. The molecule has 1 aromatic carbocycles. The third-order valence-corrected chi connectivity index (χ3v) is 2.70. The number of hydrogen-bond acceptors (Lipinski definition) is 3. The number of aromatic nitrogens is 1. The van der Waals surface area contributed by atoms with Gasteiger partial charge >= 0.3 is 0 Å². The molecule has 0 bridgehead atoms.